The number of hydrogen-bond acceptors (Lipinski definition) is 2. The summed E-state index contributed by atoms with van der Waals surface area (Å²) < 4.78 is 1.20. The van der Waals surface area contributed by atoms with E-state index in [-0.39, 0.29) is 0 Å². The standard InChI is InChI=1S/C12H19Br2NS/c1-9(2)10(5-13)6-15(3)7-12-4-11(14)8-16-12/h4,8-10H,5-7H2,1-3H3. The maximum atomic E-state index is 3.60. The molecular weight excluding hydrogens is 350 g/mol. The predicted octanol–water partition coefficient (Wildman–Crippen LogP) is 4.61. The Morgan fingerprint density at radius 3 is 2.56 bits per heavy atom. The van der Waals surface area contributed by atoms with Crippen LogP contribution < -0.4 is 0 Å². The summed E-state index contributed by atoms with van der Waals surface area (Å²) in [6.45, 7) is 6.79. The molecule has 0 radical (unpaired) electrons. The van der Waals surface area contributed by atoms with E-state index in [0.717, 1.165) is 30.3 Å². The molecule has 0 aromatic carbocycles. The first-order valence-corrected chi connectivity index (χ1v) is 8.29. The molecule has 1 atom stereocenters. The van der Waals surface area contributed by atoms with Gasteiger partial charge in [0.2, 0.25) is 0 Å². The SMILES string of the molecule is CC(C)C(CBr)CN(C)Cc1cc(Br)cs1. The highest BCUT2D eigenvalue weighted by molar-refractivity contribution is 9.10. The number of nitrogens with zero attached hydrogens (tertiary/aromatic N) is 1. The van der Waals surface area contributed by atoms with E-state index in [2.05, 4.69) is 69.1 Å². The quantitative estimate of drug-likeness (QED) is 0.662. The van der Waals surface area contributed by atoms with Gasteiger partial charge in [-0.3, -0.25) is 0 Å². The van der Waals surface area contributed by atoms with Gasteiger partial charge in [0.15, 0.2) is 0 Å². The van der Waals surface area contributed by atoms with Gasteiger partial charge in [0.05, 0.1) is 0 Å². The smallest absolute Gasteiger partial charge is 0.0325 e. The van der Waals surface area contributed by atoms with Crippen molar-refractivity contribution in [3.63, 3.8) is 0 Å². The van der Waals surface area contributed by atoms with Crippen LogP contribution in [0.4, 0.5) is 0 Å². The minimum atomic E-state index is 0.730. The molecule has 16 heavy (non-hydrogen) atoms. The Labute approximate surface area is 119 Å². The molecule has 1 heterocycles. The van der Waals surface area contributed by atoms with Crippen molar-refractivity contribution in [2.45, 2.75) is 20.4 Å². The average molecular weight is 369 g/mol. The van der Waals surface area contributed by atoms with Crippen molar-refractivity contribution in [2.75, 3.05) is 18.9 Å². The van der Waals surface area contributed by atoms with Gasteiger partial charge in [-0.05, 0) is 40.9 Å². The molecule has 0 amide bonds. The van der Waals surface area contributed by atoms with E-state index >= 15 is 0 Å². The zero-order valence-corrected chi connectivity index (χ0v) is 14.0. The first-order chi connectivity index (χ1) is 7.52. The van der Waals surface area contributed by atoms with E-state index in [1.165, 1.54) is 9.35 Å². The van der Waals surface area contributed by atoms with Crippen molar-refractivity contribution in [1.82, 2.24) is 4.90 Å². The Morgan fingerprint density at radius 1 is 1.44 bits per heavy atom. The van der Waals surface area contributed by atoms with Crippen LogP contribution in [0.25, 0.3) is 0 Å². The van der Waals surface area contributed by atoms with Gasteiger partial charge < -0.3 is 4.90 Å². The largest absolute Gasteiger partial charge is 0.301 e. The summed E-state index contributed by atoms with van der Waals surface area (Å²) in [5, 5.41) is 3.23. The number of rotatable bonds is 6. The zero-order valence-electron chi connectivity index (χ0n) is 10.0. The summed E-state index contributed by atoms with van der Waals surface area (Å²) in [7, 11) is 2.20. The van der Waals surface area contributed by atoms with Gasteiger partial charge in [-0.15, -0.1) is 11.3 Å². The summed E-state index contributed by atoms with van der Waals surface area (Å²) in [4.78, 5) is 3.83. The van der Waals surface area contributed by atoms with Gasteiger partial charge in [0, 0.05) is 33.1 Å². The maximum absolute atomic E-state index is 3.60. The molecule has 1 nitrogen and oxygen atoms in total. The van der Waals surface area contributed by atoms with Gasteiger partial charge in [0.25, 0.3) is 0 Å². The molecule has 0 fully saturated rings. The molecule has 0 spiro atoms. The molecule has 92 valence electrons. The molecule has 0 aliphatic carbocycles. The number of hydrogen-bond donors (Lipinski definition) is 0. The van der Waals surface area contributed by atoms with E-state index in [4.69, 9.17) is 0 Å². The molecular formula is C12H19Br2NS. The van der Waals surface area contributed by atoms with Crippen LogP contribution in [0.15, 0.2) is 15.9 Å². The lowest BCUT2D eigenvalue weighted by atomic mass is 9.98. The third-order valence-corrected chi connectivity index (χ3v) is 5.25. The van der Waals surface area contributed by atoms with Crippen molar-refractivity contribution in [3.8, 4) is 0 Å². The Kier molecular flexibility index (Phi) is 6.55. The summed E-state index contributed by atoms with van der Waals surface area (Å²) in [5.41, 5.74) is 0. The van der Waals surface area contributed by atoms with Crippen LogP contribution in [0.5, 0.6) is 0 Å². The Balaban J connectivity index is 2.43. The molecule has 0 aliphatic rings. The fourth-order valence-electron chi connectivity index (χ4n) is 1.61. The van der Waals surface area contributed by atoms with Gasteiger partial charge in [-0.25, -0.2) is 0 Å². The lowest BCUT2D eigenvalue weighted by Gasteiger charge is -2.24. The first kappa shape index (κ1) is 14.7. The maximum Gasteiger partial charge on any atom is 0.0325 e. The van der Waals surface area contributed by atoms with Crippen molar-refractivity contribution < 1.29 is 0 Å². The summed E-state index contributed by atoms with van der Waals surface area (Å²) >= 11 is 8.92. The average Bonchev–Trinajstić information content (AvgIpc) is 2.60. The number of alkyl halides is 1. The minimum Gasteiger partial charge on any atom is -0.301 e. The van der Waals surface area contributed by atoms with Crippen LogP contribution in [-0.2, 0) is 6.54 Å². The molecule has 0 bridgehead atoms. The number of thiophene rings is 1. The second-order valence-corrected chi connectivity index (χ2v) is 7.15. The molecule has 1 aromatic heterocycles. The van der Waals surface area contributed by atoms with Gasteiger partial charge in [-0.2, -0.15) is 0 Å². The predicted molar refractivity (Wildman–Crippen MR) is 80.5 cm³/mol. The van der Waals surface area contributed by atoms with Crippen LogP contribution in [0, 0.1) is 11.8 Å². The highest BCUT2D eigenvalue weighted by Gasteiger charge is 2.14. The fourth-order valence-corrected chi connectivity index (χ4v) is 4.09. The Hall–Kier alpha value is 0.620. The molecule has 0 saturated carbocycles. The van der Waals surface area contributed by atoms with Gasteiger partial charge in [0.1, 0.15) is 0 Å². The van der Waals surface area contributed by atoms with E-state index in [1.54, 1.807) is 0 Å². The monoisotopic (exact) mass is 367 g/mol. The molecule has 0 N–H and O–H groups in total. The van der Waals surface area contributed by atoms with Crippen LogP contribution in [0.3, 0.4) is 0 Å². The van der Waals surface area contributed by atoms with Crippen LogP contribution in [0.2, 0.25) is 0 Å². The van der Waals surface area contributed by atoms with E-state index in [0.29, 0.717) is 0 Å². The normalized spacial score (nSPS) is 13.7. The van der Waals surface area contributed by atoms with Crippen molar-refractivity contribution in [1.29, 1.82) is 0 Å². The summed E-state index contributed by atoms with van der Waals surface area (Å²) in [6, 6.07) is 2.21. The zero-order chi connectivity index (χ0) is 12.1. The third-order valence-electron chi connectivity index (χ3n) is 2.73. The van der Waals surface area contributed by atoms with Crippen LogP contribution in [-0.4, -0.2) is 23.8 Å². The summed E-state index contributed by atoms with van der Waals surface area (Å²) in [5.74, 6) is 1.46. The summed E-state index contributed by atoms with van der Waals surface area (Å²) in [6.07, 6.45) is 0. The second-order valence-electron chi connectivity index (χ2n) is 4.59. The third kappa shape index (κ3) is 4.86. The molecule has 0 saturated heterocycles. The van der Waals surface area contributed by atoms with Gasteiger partial charge >= 0.3 is 0 Å². The van der Waals surface area contributed by atoms with E-state index < -0.39 is 0 Å². The lowest BCUT2D eigenvalue weighted by Crippen LogP contribution is -2.28. The van der Waals surface area contributed by atoms with Crippen molar-refractivity contribution in [2.24, 2.45) is 11.8 Å². The molecule has 1 rings (SSSR count). The highest BCUT2D eigenvalue weighted by atomic mass is 79.9. The number of halogens is 2. The first-order valence-electron chi connectivity index (χ1n) is 5.50. The van der Waals surface area contributed by atoms with Crippen LogP contribution in [0.1, 0.15) is 18.7 Å². The Bertz CT molecular complexity index is 312. The van der Waals surface area contributed by atoms with Gasteiger partial charge in [-0.1, -0.05) is 29.8 Å². The second kappa shape index (κ2) is 7.14. The molecule has 4 heteroatoms. The van der Waals surface area contributed by atoms with Crippen LogP contribution >= 0.6 is 43.2 Å². The molecule has 1 unspecified atom stereocenters. The highest BCUT2D eigenvalue weighted by Crippen LogP contribution is 2.22. The van der Waals surface area contributed by atoms with E-state index in [9.17, 15) is 0 Å². The lowest BCUT2D eigenvalue weighted by molar-refractivity contribution is 0.249. The van der Waals surface area contributed by atoms with Crippen molar-refractivity contribution >= 4 is 43.2 Å². The molecule has 0 aliphatic heterocycles. The Morgan fingerprint density at radius 2 is 2.12 bits per heavy atom. The topological polar surface area (TPSA) is 3.24 Å². The van der Waals surface area contributed by atoms with Crippen molar-refractivity contribution in [3.05, 3.63) is 20.8 Å². The minimum absolute atomic E-state index is 0.730. The molecule has 1 aromatic rings. The fraction of sp³-hybridized carbons (Fsp3) is 0.667. The van der Waals surface area contributed by atoms with E-state index in [1.807, 2.05) is 11.3 Å².